The summed E-state index contributed by atoms with van der Waals surface area (Å²) in [5.41, 5.74) is -1.14. The summed E-state index contributed by atoms with van der Waals surface area (Å²) in [4.78, 5) is -0.376. The molecule has 1 aliphatic rings. The zero-order valence-electron chi connectivity index (χ0n) is 12.5. The number of sulfonamides is 1. The summed E-state index contributed by atoms with van der Waals surface area (Å²) >= 11 is 5.54. The number of hydrogen-bond acceptors (Lipinski definition) is 3. The molecule has 4 nitrogen and oxygen atoms in total. The Morgan fingerprint density at radius 3 is 2.70 bits per heavy atom. The molecule has 1 N–H and O–H groups in total. The van der Waals surface area contributed by atoms with Crippen molar-refractivity contribution in [3.05, 3.63) is 28.8 Å². The van der Waals surface area contributed by atoms with Crippen molar-refractivity contribution in [3.8, 4) is 0 Å². The summed E-state index contributed by atoms with van der Waals surface area (Å²) in [5.74, 6) is 0.151. The van der Waals surface area contributed by atoms with Gasteiger partial charge in [0, 0.05) is 13.1 Å². The summed E-state index contributed by atoms with van der Waals surface area (Å²) in [5, 5.41) is 2.49. The predicted octanol–water partition coefficient (Wildman–Crippen LogP) is 2.98. The first kappa shape index (κ1) is 18.5. The number of hydrogen-bond donors (Lipinski definition) is 1. The molecule has 9 heteroatoms. The molecule has 0 spiro atoms. The molecule has 0 aromatic heterocycles. The molecule has 1 aromatic carbocycles. The van der Waals surface area contributed by atoms with E-state index in [1.165, 1.54) is 4.31 Å². The Labute approximate surface area is 138 Å². The average molecular weight is 371 g/mol. The van der Waals surface area contributed by atoms with Crippen molar-refractivity contribution in [2.75, 3.05) is 26.7 Å². The maximum atomic E-state index is 12.9. The maximum absolute atomic E-state index is 12.9. The number of alkyl halides is 3. The molecular weight excluding hydrogens is 353 g/mol. The minimum absolute atomic E-state index is 0.151. The zero-order chi connectivity index (χ0) is 17.3. The Kier molecular flexibility index (Phi) is 5.60. The van der Waals surface area contributed by atoms with Crippen LogP contribution in [0.15, 0.2) is 23.1 Å². The van der Waals surface area contributed by atoms with Gasteiger partial charge in [0.05, 0.1) is 15.5 Å². The molecule has 0 saturated carbocycles. The predicted molar refractivity (Wildman–Crippen MR) is 81.9 cm³/mol. The van der Waals surface area contributed by atoms with Crippen LogP contribution in [0.2, 0.25) is 5.02 Å². The normalized spacial score (nSPS) is 20.7. The van der Waals surface area contributed by atoms with Crippen molar-refractivity contribution in [2.24, 2.45) is 5.92 Å². The quantitative estimate of drug-likeness (QED) is 0.886. The Bertz CT molecular complexity index is 662. The molecule has 0 unspecified atom stereocenters. The van der Waals surface area contributed by atoms with Gasteiger partial charge in [0.25, 0.3) is 0 Å². The van der Waals surface area contributed by atoms with E-state index in [4.69, 9.17) is 11.6 Å². The first-order valence-electron chi connectivity index (χ1n) is 7.17. The topological polar surface area (TPSA) is 49.4 Å². The van der Waals surface area contributed by atoms with Gasteiger partial charge in [0.1, 0.15) is 0 Å². The van der Waals surface area contributed by atoms with Crippen molar-refractivity contribution in [2.45, 2.75) is 23.9 Å². The van der Waals surface area contributed by atoms with Gasteiger partial charge >= 0.3 is 6.18 Å². The molecule has 2 rings (SSSR count). The molecule has 1 atom stereocenters. The van der Waals surface area contributed by atoms with Gasteiger partial charge in [-0.15, -0.1) is 0 Å². The van der Waals surface area contributed by atoms with Crippen molar-refractivity contribution in [1.82, 2.24) is 9.62 Å². The van der Waals surface area contributed by atoms with E-state index in [0.29, 0.717) is 32.1 Å². The molecule has 0 radical (unpaired) electrons. The molecule has 1 saturated heterocycles. The van der Waals surface area contributed by atoms with E-state index >= 15 is 0 Å². The van der Waals surface area contributed by atoms with Crippen molar-refractivity contribution in [1.29, 1.82) is 0 Å². The largest absolute Gasteiger partial charge is 0.417 e. The Morgan fingerprint density at radius 2 is 2.09 bits per heavy atom. The summed E-state index contributed by atoms with van der Waals surface area (Å²) < 4.78 is 65.3. The summed E-state index contributed by atoms with van der Waals surface area (Å²) in [7, 11) is -2.19. The molecule has 1 heterocycles. The van der Waals surface area contributed by atoms with Crippen molar-refractivity contribution in [3.63, 3.8) is 0 Å². The van der Waals surface area contributed by atoms with Crippen LogP contribution < -0.4 is 5.32 Å². The third-order valence-electron chi connectivity index (χ3n) is 3.86. The monoisotopic (exact) mass is 370 g/mol. The fourth-order valence-electron chi connectivity index (χ4n) is 2.73. The molecule has 23 heavy (non-hydrogen) atoms. The van der Waals surface area contributed by atoms with Crippen LogP contribution in [-0.2, 0) is 16.2 Å². The van der Waals surface area contributed by atoms with Gasteiger partial charge in [-0.1, -0.05) is 11.6 Å². The Morgan fingerprint density at radius 1 is 1.39 bits per heavy atom. The molecule has 0 bridgehead atoms. The van der Waals surface area contributed by atoms with E-state index < -0.39 is 26.8 Å². The maximum Gasteiger partial charge on any atom is 0.417 e. The van der Waals surface area contributed by atoms with Crippen LogP contribution in [0.5, 0.6) is 0 Å². The van der Waals surface area contributed by atoms with Gasteiger partial charge in [-0.3, -0.25) is 0 Å². The van der Waals surface area contributed by atoms with Crippen LogP contribution >= 0.6 is 11.6 Å². The van der Waals surface area contributed by atoms with E-state index in [2.05, 4.69) is 5.32 Å². The lowest BCUT2D eigenvalue weighted by atomic mass is 10.00. The van der Waals surface area contributed by atoms with Gasteiger partial charge in [0.2, 0.25) is 10.0 Å². The first-order valence-corrected chi connectivity index (χ1v) is 8.99. The highest BCUT2D eigenvalue weighted by Crippen LogP contribution is 2.36. The van der Waals surface area contributed by atoms with Crippen LogP contribution in [-0.4, -0.2) is 39.4 Å². The second kappa shape index (κ2) is 6.96. The SMILES string of the molecule is CNC[C@@H]1CCCN(S(=O)(=O)c2ccc(Cl)c(C(F)(F)F)c2)C1. The van der Waals surface area contributed by atoms with Gasteiger partial charge in [0.15, 0.2) is 0 Å². The summed E-state index contributed by atoms with van der Waals surface area (Å²) in [6.07, 6.45) is -3.12. The van der Waals surface area contributed by atoms with Crippen LogP contribution in [0.4, 0.5) is 13.2 Å². The highest BCUT2D eigenvalue weighted by molar-refractivity contribution is 7.89. The second-order valence-electron chi connectivity index (χ2n) is 5.57. The molecule has 0 aliphatic carbocycles. The molecule has 1 aromatic rings. The average Bonchev–Trinajstić information content (AvgIpc) is 2.47. The zero-order valence-corrected chi connectivity index (χ0v) is 14.1. The van der Waals surface area contributed by atoms with Gasteiger partial charge in [-0.25, -0.2) is 8.42 Å². The standard InChI is InChI=1S/C14H18ClF3N2O2S/c1-19-8-10-3-2-6-20(9-10)23(21,22)11-4-5-13(15)12(7-11)14(16,17)18/h4-5,7,10,19H,2-3,6,8-9H2,1H3/t10-/m0/s1. The second-order valence-corrected chi connectivity index (χ2v) is 7.91. The first-order chi connectivity index (χ1) is 10.7. The molecule has 130 valence electrons. The number of benzene rings is 1. The third-order valence-corrected chi connectivity index (χ3v) is 6.05. The molecule has 1 fully saturated rings. The lowest BCUT2D eigenvalue weighted by molar-refractivity contribution is -0.137. The van der Waals surface area contributed by atoms with Crippen LogP contribution in [0.25, 0.3) is 0 Å². The van der Waals surface area contributed by atoms with Gasteiger partial charge in [-0.05, 0) is 50.6 Å². The lowest BCUT2D eigenvalue weighted by Crippen LogP contribution is -2.42. The van der Waals surface area contributed by atoms with Crippen LogP contribution in [0.1, 0.15) is 18.4 Å². The van der Waals surface area contributed by atoms with E-state index in [1.807, 2.05) is 0 Å². The third kappa shape index (κ3) is 4.17. The van der Waals surface area contributed by atoms with E-state index in [-0.39, 0.29) is 10.8 Å². The summed E-state index contributed by atoms with van der Waals surface area (Å²) in [6.45, 7) is 1.28. The summed E-state index contributed by atoms with van der Waals surface area (Å²) in [6, 6.07) is 2.71. The molecule has 0 amide bonds. The molecule has 1 aliphatic heterocycles. The Hall–Kier alpha value is -0.830. The van der Waals surface area contributed by atoms with Gasteiger partial charge < -0.3 is 5.32 Å². The minimum Gasteiger partial charge on any atom is -0.319 e. The highest BCUT2D eigenvalue weighted by Gasteiger charge is 2.36. The van der Waals surface area contributed by atoms with E-state index in [1.54, 1.807) is 7.05 Å². The lowest BCUT2D eigenvalue weighted by Gasteiger charge is -2.32. The number of nitrogens with zero attached hydrogens (tertiary/aromatic N) is 1. The number of nitrogens with one attached hydrogen (secondary N) is 1. The molecular formula is C14H18ClF3N2O2S. The van der Waals surface area contributed by atoms with Gasteiger partial charge in [-0.2, -0.15) is 17.5 Å². The fraction of sp³-hybridized carbons (Fsp3) is 0.571. The number of rotatable bonds is 4. The van der Waals surface area contributed by atoms with Crippen LogP contribution in [0.3, 0.4) is 0 Å². The Balaban J connectivity index is 2.33. The van der Waals surface area contributed by atoms with Crippen molar-refractivity contribution >= 4 is 21.6 Å². The number of piperidine rings is 1. The fourth-order valence-corrected chi connectivity index (χ4v) is 4.54. The smallest absolute Gasteiger partial charge is 0.319 e. The van der Waals surface area contributed by atoms with E-state index in [0.717, 1.165) is 18.6 Å². The number of halogens is 4. The highest BCUT2D eigenvalue weighted by atomic mass is 35.5. The van der Waals surface area contributed by atoms with E-state index in [9.17, 15) is 21.6 Å². The van der Waals surface area contributed by atoms with Crippen LogP contribution in [0, 0.1) is 5.92 Å². The van der Waals surface area contributed by atoms with Crippen molar-refractivity contribution < 1.29 is 21.6 Å². The minimum atomic E-state index is -4.70.